The van der Waals surface area contributed by atoms with E-state index in [1.54, 1.807) is 0 Å². The summed E-state index contributed by atoms with van der Waals surface area (Å²) in [6.07, 6.45) is 6.30. The van der Waals surface area contributed by atoms with Crippen molar-refractivity contribution in [2.75, 3.05) is 0 Å². The highest BCUT2D eigenvalue weighted by atomic mass is 32.2. The van der Waals surface area contributed by atoms with Crippen molar-refractivity contribution in [2.45, 2.75) is 58.9 Å². The zero-order chi connectivity index (χ0) is 16.2. The van der Waals surface area contributed by atoms with Crippen LogP contribution < -0.4 is 4.72 Å². The van der Waals surface area contributed by atoms with E-state index in [4.69, 9.17) is 0 Å². The maximum absolute atomic E-state index is 12.5. The smallest absolute Gasteiger partial charge is 0.209 e. The molecule has 1 aromatic carbocycles. The van der Waals surface area contributed by atoms with E-state index in [9.17, 15) is 8.42 Å². The second-order valence-electron chi connectivity index (χ2n) is 6.66. The van der Waals surface area contributed by atoms with Crippen molar-refractivity contribution < 1.29 is 8.42 Å². The third kappa shape index (κ3) is 4.68. The average Bonchev–Trinajstić information content (AvgIpc) is 2.45. The van der Waals surface area contributed by atoms with E-state index < -0.39 is 10.0 Å². The number of aryl methyl sites for hydroxylation is 1. The van der Waals surface area contributed by atoms with Crippen molar-refractivity contribution in [3.05, 3.63) is 40.3 Å². The zero-order valence-corrected chi connectivity index (χ0v) is 14.6. The Labute approximate surface area is 134 Å². The van der Waals surface area contributed by atoms with Gasteiger partial charge in [0, 0.05) is 6.04 Å². The van der Waals surface area contributed by atoms with Crippen LogP contribution in [-0.4, -0.2) is 14.5 Å². The van der Waals surface area contributed by atoms with Gasteiger partial charge in [-0.25, -0.2) is 13.1 Å². The number of rotatable bonds is 7. The van der Waals surface area contributed by atoms with Crippen LogP contribution in [0.15, 0.2) is 29.2 Å². The molecular formula is C18H27NO2S. The molecule has 4 heteroatoms. The third-order valence-electron chi connectivity index (χ3n) is 4.13. The molecule has 1 N–H and O–H groups in total. The Hall–Kier alpha value is -1.13. The van der Waals surface area contributed by atoms with Gasteiger partial charge in [0.2, 0.25) is 10.0 Å². The molecule has 2 rings (SSSR count). The van der Waals surface area contributed by atoms with Crippen molar-refractivity contribution in [3.63, 3.8) is 0 Å². The van der Waals surface area contributed by atoms with Crippen molar-refractivity contribution in [3.8, 4) is 0 Å². The molecule has 1 unspecified atom stereocenters. The Morgan fingerprint density at radius 1 is 1.09 bits per heavy atom. The van der Waals surface area contributed by atoms with Crippen molar-refractivity contribution in [1.29, 1.82) is 0 Å². The molecule has 1 aliphatic carbocycles. The van der Waals surface area contributed by atoms with E-state index >= 15 is 0 Å². The van der Waals surface area contributed by atoms with Gasteiger partial charge in [0.1, 0.15) is 0 Å². The first-order valence-corrected chi connectivity index (χ1v) is 9.67. The first kappa shape index (κ1) is 17.2. The standard InChI is InChI=1S/C18H27NO2S/c1-14(2)7-6-8-15(3)19-22(20,21)18-12-11-16-9-4-5-10-17(16)13-18/h4-5,9-10,13-15,19H,6-8,11-12H2,1-3H3. The Balaban J connectivity index is 2.01. The van der Waals surface area contributed by atoms with Crippen LogP contribution in [0.5, 0.6) is 0 Å². The fourth-order valence-corrected chi connectivity index (χ4v) is 4.30. The fourth-order valence-electron chi connectivity index (χ4n) is 2.85. The molecule has 1 aromatic rings. The molecule has 0 saturated carbocycles. The van der Waals surface area contributed by atoms with E-state index in [1.165, 1.54) is 5.56 Å². The number of nitrogens with one attached hydrogen (secondary N) is 1. The Bertz CT molecular complexity index is 632. The molecule has 0 radical (unpaired) electrons. The van der Waals surface area contributed by atoms with Gasteiger partial charge < -0.3 is 0 Å². The molecule has 0 fully saturated rings. The Kier molecular flexibility index (Phi) is 5.81. The molecule has 0 saturated heterocycles. The molecule has 0 aromatic heterocycles. The van der Waals surface area contributed by atoms with Gasteiger partial charge in [0.15, 0.2) is 0 Å². The molecule has 0 aliphatic heterocycles. The summed E-state index contributed by atoms with van der Waals surface area (Å²) in [6.45, 7) is 6.34. The van der Waals surface area contributed by atoms with Crippen LogP contribution in [0.1, 0.15) is 57.6 Å². The van der Waals surface area contributed by atoms with E-state index in [-0.39, 0.29) is 6.04 Å². The summed E-state index contributed by atoms with van der Waals surface area (Å²) in [7, 11) is -3.36. The highest BCUT2D eigenvalue weighted by Gasteiger charge is 2.23. The first-order valence-electron chi connectivity index (χ1n) is 8.19. The Morgan fingerprint density at radius 2 is 1.82 bits per heavy atom. The van der Waals surface area contributed by atoms with E-state index in [0.717, 1.165) is 31.2 Å². The minimum atomic E-state index is -3.36. The molecule has 1 atom stereocenters. The molecule has 22 heavy (non-hydrogen) atoms. The summed E-state index contributed by atoms with van der Waals surface area (Å²) in [5.74, 6) is 0.668. The number of allylic oxidation sites excluding steroid dienone is 1. The molecule has 0 amide bonds. The van der Waals surface area contributed by atoms with Gasteiger partial charge >= 0.3 is 0 Å². The molecular weight excluding hydrogens is 294 g/mol. The van der Waals surface area contributed by atoms with Crippen LogP contribution in [0.25, 0.3) is 6.08 Å². The van der Waals surface area contributed by atoms with Crippen molar-refractivity contribution >= 4 is 16.1 Å². The average molecular weight is 321 g/mol. The van der Waals surface area contributed by atoms with Gasteiger partial charge in [0.25, 0.3) is 0 Å². The topological polar surface area (TPSA) is 46.2 Å². The molecule has 1 aliphatic rings. The molecule has 122 valence electrons. The lowest BCUT2D eigenvalue weighted by Gasteiger charge is -2.20. The van der Waals surface area contributed by atoms with Crippen LogP contribution in [-0.2, 0) is 16.4 Å². The molecule has 0 spiro atoms. The summed E-state index contributed by atoms with van der Waals surface area (Å²) < 4.78 is 27.9. The van der Waals surface area contributed by atoms with Crippen LogP contribution in [0.4, 0.5) is 0 Å². The number of hydrogen-bond donors (Lipinski definition) is 1. The van der Waals surface area contributed by atoms with Gasteiger partial charge in [-0.05, 0) is 49.3 Å². The number of sulfonamides is 1. The minimum absolute atomic E-state index is 0.0122. The van der Waals surface area contributed by atoms with Crippen molar-refractivity contribution in [2.24, 2.45) is 5.92 Å². The lowest BCUT2D eigenvalue weighted by atomic mass is 9.98. The number of hydrogen-bond acceptors (Lipinski definition) is 2. The maximum atomic E-state index is 12.5. The van der Waals surface area contributed by atoms with Gasteiger partial charge in [-0.15, -0.1) is 0 Å². The summed E-state index contributed by atoms with van der Waals surface area (Å²) in [6, 6.07) is 7.99. The van der Waals surface area contributed by atoms with Gasteiger partial charge in [-0.3, -0.25) is 0 Å². The lowest BCUT2D eigenvalue weighted by Crippen LogP contribution is -2.34. The third-order valence-corrected chi connectivity index (χ3v) is 5.86. The normalized spacial score (nSPS) is 16.3. The maximum Gasteiger partial charge on any atom is 0.236 e. The van der Waals surface area contributed by atoms with Gasteiger partial charge in [-0.1, -0.05) is 51.0 Å². The fraction of sp³-hybridized carbons (Fsp3) is 0.556. The second kappa shape index (κ2) is 7.42. The quantitative estimate of drug-likeness (QED) is 0.821. The van der Waals surface area contributed by atoms with Crippen LogP contribution in [0, 0.1) is 5.92 Å². The predicted octanol–water partition coefficient (Wildman–Crippen LogP) is 4.11. The van der Waals surface area contributed by atoms with Crippen molar-refractivity contribution in [1.82, 2.24) is 4.72 Å². The summed E-state index contributed by atoms with van der Waals surface area (Å²) in [5.41, 5.74) is 2.26. The largest absolute Gasteiger partial charge is 0.236 e. The van der Waals surface area contributed by atoms with Crippen LogP contribution in [0.3, 0.4) is 0 Å². The highest BCUT2D eigenvalue weighted by molar-refractivity contribution is 7.93. The lowest BCUT2D eigenvalue weighted by molar-refractivity contribution is 0.489. The minimum Gasteiger partial charge on any atom is -0.209 e. The first-order chi connectivity index (χ1) is 10.4. The number of fused-ring (bicyclic) bond motifs is 1. The van der Waals surface area contributed by atoms with E-state index in [2.05, 4.69) is 24.6 Å². The SMILES string of the molecule is CC(C)CCCC(C)NS(=O)(=O)C1=Cc2ccccc2CC1. The number of benzene rings is 1. The van der Waals surface area contributed by atoms with Gasteiger partial charge in [-0.2, -0.15) is 0 Å². The monoisotopic (exact) mass is 321 g/mol. The zero-order valence-electron chi connectivity index (χ0n) is 13.8. The summed E-state index contributed by atoms with van der Waals surface area (Å²) in [4.78, 5) is 0.516. The Morgan fingerprint density at radius 3 is 2.55 bits per heavy atom. The van der Waals surface area contributed by atoms with E-state index in [0.29, 0.717) is 17.2 Å². The summed E-state index contributed by atoms with van der Waals surface area (Å²) >= 11 is 0. The molecule has 0 heterocycles. The molecule has 3 nitrogen and oxygen atoms in total. The molecule has 0 bridgehead atoms. The second-order valence-corrected chi connectivity index (χ2v) is 8.42. The van der Waals surface area contributed by atoms with Crippen LogP contribution >= 0.6 is 0 Å². The van der Waals surface area contributed by atoms with Gasteiger partial charge in [0.05, 0.1) is 4.91 Å². The highest BCUT2D eigenvalue weighted by Crippen LogP contribution is 2.26. The van der Waals surface area contributed by atoms with Crippen LogP contribution in [0.2, 0.25) is 0 Å². The summed E-state index contributed by atoms with van der Waals surface area (Å²) in [5, 5.41) is 0. The van der Waals surface area contributed by atoms with E-state index in [1.807, 2.05) is 31.2 Å². The predicted molar refractivity (Wildman–Crippen MR) is 92.9 cm³/mol.